The Bertz CT molecular complexity index is 588. The number of hydrogen-bond acceptors (Lipinski definition) is 4. The second-order valence-corrected chi connectivity index (χ2v) is 6.22. The Morgan fingerprint density at radius 1 is 1.19 bits per heavy atom. The van der Waals surface area contributed by atoms with Gasteiger partial charge < -0.3 is 10.2 Å². The molecule has 0 amide bonds. The van der Waals surface area contributed by atoms with E-state index in [0.29, 0.717) is 18.9 Å². The predicted octanol–water partition coefficient (Wildman–Crippen LogP) is 1.35. The fourth-order valence-corrected chi connectivity index (χ4v) is 2.86. The lowest BCUT2D eigenvalue weighted by Crippen LogP contribution is -2.25. The number of carboxylic acids is 1. The first-order valence-corrected chi connectivity index (χ1v) is 8.00. The number of benzene rings is 1. The molecule has 0 aliphatic carbocycles. The number of aliphatic hydroxyl groups is 1. The van der Waals surface area contributed by atoms with Crippen molar-refractivity contribution in [1.29, 1.82) is 0 Å². The van der Waals surface area contributed by atoms with E-state index in [9.17, 15) is 17.6 Å². The second-order valence-electron chi connectivity index (χ2n) is 4.49. The van der Waals surface area contributed by atoms with Crippen LogP contribution in [-0.4, -0.2) is 37.8 Å². The number of unbranched alkanes of at least 4 members (excludes halogenated alkanes) is 3. The molecule has 1 rings (SSSR count). The van der Waals surface area contributed by atoms with E-state index in [1.54, 1.807) is 0 Å². The summed E-state index contributed by atoms with van der Waals surface area (Å²) in [5, 5.41) is 17.3. The standard InChI is InChI=1S/C13H18FNO5S/c14-11-9-10(13(17)18)5-6-12(11)21(19,20)15-7-3-1-2-4-8-16/h5-6,9,15-16H,1-4,7-8H2,(H,17,18). The third-order valence-electron chi connectivity index (χ3n) is 2.85. The SMILES string of the molecule is O=C(O)c1ccc(S(=O)(=O)NCCCCCCO)c(F)c1. The van der Waals surface area contributed by atoms with Gasteiger partial charge in [0, 0.05) is 13.2 Å². The first-order chi connectivity index (χ1) is 9.88. The fraction of sp³-hybridized carbons (Fsp3) is 0.462. The van der Waals surface area contributed by atoms with Gasteiger partial charge in [0.05, 0.1) is 5.56 Å². The van der Waals surface area contributed by atoms with E-state index in [2.05, 4.69) is 4.72 Å². The Kier molecular flexibility index (Phi) is 6.73. The van der Waals surface area contributed by atoms with Crippen LogP contribution in [0.3, 0.4) is 0 Å². The van der Waals surface area contributed by atoms with E-state index >= 15 is 0 Å². The maximum Gasteiger partial charge on any atom is 0.335 e. The molecule has 0 unspecified atom stereocenters. The van der Waals surface area contributed by atoms with Gasteiger partial charge in [0.15, 0.2) is 0 Å². The van der Waals surface area contributed by atoms with Crippen LogP contribution in [-0.2, 0) is 10.0 Å². The quantitative estimate of drug-likeness (QED) is 0.596. The largest absolute Gasteiger partial charge is 0.478 e. The van der Waals surface area contributed by atoms with E-state index in [-0.39, 0.29) is 18.7 Å². The monoisotopic (exact) mass is 319 g/mol. The summed E-state index contributed by atoms with van der Waals surface area (Å²) in [6.07, 6.45) is 2.79. The minimum Gasteiger partial charge on any atom is -0.478 e. The Hall–Kier alpha value is -1.51. The maximum absolute atomic E-state index is 13.7. The van der Waals surface area contributed by atoms with Gasteiger partial charge in [-0.15, -0.1) is 0 Å². The van der Waals surface area contributed by atoms with Crippen LogP contribution in [0.5, 0.6) is 0 Å². The van der Waals surface area contributed by atoms with Crippen LogP contribution in [0.25, 0.3) is 0 Å². The minimum atomic E-state index is -3.99. The molecule has 0 spiro atoms. The van der Waals surface area contributed by atoms with E-state index in [4.69, 9.17) is 10.2 Å². The number of halogens is 1. The Labute approximate surface area is 122 Å². The van der Waals surface area contributed by atoms with Crippen molar-refractivity contribution < 1.29 is 27.8 Å². The summed E-state index contributed by atoms with van der Waals surface area (Å²) in [5.41, 5.74) is -0.310. The van der Waals surface area contributed by atoms with Gasteiger partial charge in [-0.1, -0.05) is 12.8 Å². The normalized spacial score (nSPS) is 11.5. The van der Waals surface area contributed by atoms with Gasteiger partial charge in [0.2, 0.25) is 10.0 Å². The summed E-state index contributed by atoms with van der Waals surface area (Å²) in [6, 6.07) is 2.66. The molecule has 8 heteroatoms. The van der Waals surface area contributed by atoms with Crippen molar-refractivity contribution in [2.75, 3.05) is 13.2 Å². The van der Waals surface area contributed by atoms with Gasteiger partial charge in [-0.2, -0.15) is 0 Å². The van der Waals surface area contributed by atoms with Crippen molar-refractivity contribution in [3.05, 3.63) is 29.6 Å². The number of nitrogens with one attached hydrogen (secondary N) is 1. The molecule has 118 valence electrons. The number of sulfonamides is 1. The molecule has 0 saturated heterocycles. The zero-order valence-corrected chi connectivity index (χ0v) is 12.2. The highest BCUT2D eigenvalue weighted by molar-refractivity contribution is 7.89. The van der Waals surface area contributed by atoms with Crippen molar-refractivity contribution in [3.8, 4) is 0 Å². The lowest BCUT2D eigenvalue weighted by atomic mass is 10.2. The molecule has 0 fully saturated rings. The molecule has 3 N–H and O–H groups in total. The molecule has 0 atom stereocenters. The topological polar surface area (TPSA) is 104 Å². The first kappa shape index (κ1) is 17.5. The third kappa shape index (κ3) is 5.41. The molecule has 0 radical (unpaired) electrons. The van der Waals surface area contributed by atoms with E-state index in [1.165, 1.54) is 0 Å². The summed E-state index contributed by atoms with van der Waals surface area (Å²) in [6.45, 7) is 0.265. The molecule has 6 nitrogen and oxygen atoms in total. The zero-order valence-electron chi connectivity index (χ0n) is 11.4. The number of carbonyl (C=O) groups is 1. The lowest BCUT2D eigenvalue weighted by molar-refractivity contribution is 0.0696. The third-order valence-corrected chi connectivity index (χ3v) is 4.34. The van der Waals surface area contributed by atoms with Crippen LogP contribution in [0.4, 0.5) is 4.39 Å². The Balaban J connectivity index is 2.64. The van der Waals surface area contributed by atoms with E-state index in [0.717, 1.165) is 25.0 Å². The predicted molar refractivity (Wildman–Crippen MR) is 74.1 cm³/mol. The van der Waals surface area contributed by atoms with Crippen molar-refractivity contribution in [3.63, 3.8) is 0 Å². The highest BCUT2D eigenvalue weighted by atomic mass is 32.2. The summed E-state index contributed by atoms with van der Waals surface area (Å²) >= 11 is 0. The Morgan fingerprint density at radius 2 is 1.86 bits per heavy atom. The average Bonchev–Trinajstić information content (AvgIpc) is 2.42. The van der Waals surface area contributed by atoms with Crippen LogP contribution < -0.4 is 4.72 Å². The van der Waals surface area contributed by atoms with E-state index in [1.807, 2.05) is 0 Å². The van der Waals surface area contributed by atoms with Crippen LogP contribution in [0.2, 0.25) is 0 Å². The van der Waals surface area contributed by atoms with Gasteiger partial charge in [-0.25, -0.2) is 22.3 Å². The van der Waals surface area contributed by atoms with Crippen molar-refractivity contribution in [2.24, 2.45) is 0 Å². The Morgan fingerprint density at radius 3 is 2.43 bits per heavy atom. The summed E-state index contributed by atoms with van der Waals surface area (Å²) in [5.74, 6) is -2.42. The summed E-state index contributed by atoms with van der Waals surface area (Å²) < 4.78 is 39.7. The van der Waals surface area contributed by atoms with Crippen molar-refractivity contribution in [2.45, 2.75) is 30.6 Å². The molecule has 0 heterocycles. The summed E-state index contributed by atoms with van der Waals surface area (Å²) in [4.78, 5) is 10.1. The zero-order chi connectivity index (χ0) is 15.9. The molecule has 21 heavy (non-hydrogen) atoms. The molecule has 0 aromatic heterocycles. The number of aromatic carboxylic acids is 1. The average molecular weight is 319 g/mol. The molecule has 1 aromatic carbocycles. The van der Waals surface area contributed by atoms with Crippen LogP contribution in [0.1, 0.15) is 36.0 Å². The second kappa shape index (κ2) is 8.06. The lowest BCUT2D eigenvalue weighted by Gasteiger charge is -2.08. The number of carboxylic acid groups (broad SMARTS) is 1. The molecule has 0 saturated carbocycles. The fourth-order valence-electron chi connectivity index (χ4n) is 1.73. The minimum absolute atomic E-state index is 0.104. The van der Waals surface area contributed by atoms with Crippen LogP contribution >= 0.6 is 0 Å². The van der Waals surface area contributed by atoms with Crippen LogP contribution in [0.15, 0.2) is 23.1 Å². The molecule has 0 aliphatic rings. The molecular weight excluding hydrogens is 301 g/mol. The van der Waals surface area contributed by atoms with E-state index < -0.39 is 26.7 Å². The molecule has 0 aliphatic heterocycles. The summed E-state index contributed by atoms with van der Waals surface area (Å²) in [7, 11) is -3.99. The van der Waals surface area contributed by atoms with Gasteiger partial charge in [0.1, 0.15) is 10.7 Å². The van der Waals surface area contributed by atoms with Crippen molar-refractivity contribution in [1.82, 2.24) is 4.72 Å². The smallest absolute Gasteiger partial charge is 0.335 e. The maximum atomic E-state index is 13.7. The van der Waals surface area contributed by atoms with Gasteiger partial charge in [-0.05, 0) is 31.0 Å². The number of rotatable bonds is 9. The van der Waals surface area contributed by atoms with Crippen molar-refractivity contribution >= 4 is 16.0 Å². The first-order valence-electron chi connectivity index (χ1n) is 6.52. The van der Waals surface area contributed by atoms with Gasteiger partial charge >= 0.3 is 5.97 Å². The van der Waals surface area contributed by atoms with Gasteiger partial charge in [0.25, 0.3) is 0 Å². The molecule has 0 bridgehead atoms. The highest BCUT2D eigenvalue weighted by Crippen LogP contribution is 2.16. The van der Waals surface area contributed by atoms with Crippen LogP contribution in [0, 0.1) is 5.82 Å². The molecule has 1 aromatic rings. The highest BCUT2D eigenvalue weighted by Gasteiger charge is 2.19. The molecular formula is C13H18FNO5S. The van der Waals surface area contributed by atoms with Gasteiger partial charge in [-0.3, -0.25) is 0 Å². The number of aliphatic hydroxyl groups excluding tert-OH is 1. The number of hydrogen-bond donors (Lipinski definition) is 3.